The van der Waals surface area contributed by atoms with Crippen molar-refractivity contribution >= 4 is 0 Å². The molecule has 0 aliphatic carbocycles. The van der Waals surface area contributed by atoms with Crippen LogP contribution in [0.25, 0.3) is 0 Å². The minimum atomic E-state index is 0.282. The Kier molecular flexibility index (Phi) is 5.22. The Bertz CT molecular complexity index is 408. The summed E-state index contributed by atoms with van der Waals surface area (Å²) in [6, 6.07) is 9.85. The molecular formula is C18H30N2. The Balaban J connectivity index is 2.11. The first-order valence-electron chi connectivity index (χ1n) is 8.06. The second-order valence-corrected chi connectivity index (χ2v) is 7.13. The zero-order chi connectivity index (χ0) is 14.7. The highest BCUT2D eigenvalue weighted by Crippen LogP contribution is 2.32. The smallest absolute Gasteiger partial charge is 0.0499 e. The molecule has 1 heterocycles. The number of likely N-dealkylation sites (tertiary alicyclic amines) is 1. The molecule has 0 bridgehead atoms. The third kappa shape index (κ3) is 3.83. The van der Waals surface area contributed by atoms with Crippen molar-refractivity contribution in [2.75, 3.05) is 13.1 Å². The first-order valence-corrected chi connectivity index (χ1v) is 8.06. The van der Waals surface area contributed by atoms with E-state index in [1.54, 1.807) is 0 Å². The van der Waals surface area contributed by atoms with Crippen LogP contribution in [0.4, 0.5) is 0 Å². The van der Waals surface area contributed by atoms with E-state index in [2.05, 4.69) is 56.9 Å². The van der Waals surface area contributed by atoms with E-state index in [4.69, 9.17) is 5.73 Å². The summed E-state index contributed by atoms with van der Waals surface area (Å²) in [5.74, 6) is 1.41. The van der Waals surface area contributed by atoms with Crippen molar-refractivity contribution in [2.45, 2.75) is 52.6 Å². The third-order valence-corrected chi connectivity index (χ3v) is 4.11. The molecule has 0 aromatic heterocycles. The van der Waals surface area contributed by atoms with E-state index in [0.717, 1.165) is 25.9 Å². The highest BCUT2D eigenvalue weighted by Gasteiger charge is 2.32. The van der Waals surface area contributed by atoms with Crippen LogP contribution in [0.5, 0.6) is 0 Å². The lowest BCUT2D eigenvalue weighted by Crippen LogP contribution is -2.33. The number of hydrogen-bond acceptors (Lipinski definition) is 2. The fraction of sp³-hybridized carbons (Fsp3) is 0.667. The van der Waals surface area contributed by atoms with Crippen molar-refractivity contribution in [2.24, 2.45) is 17.6 Å². The number of rotatable bonds is 5. The molecule has 2 N–H and O–H groups in total. The maximum Gasteiger partial charge on any atom is 0.0499 e. The van der Waals surface area contributed by atoms with Crippen LogP contribution in [0.15, 0.2) is 24.3 Å². The van der Waals surface area contributed by atoms with Gasteiger partial charge in [-0.25, -0.2) is 0 Å². The summed E-state index contributed by atoms with van der Waals surface area (Å²) in [6.07, 6.45) is 2.28. The molecule has 1 aromatic rings. The largest absolute Gasteiger partial charge is 0.326 e. The molecule has 0 saturated carbocycles. The number of nitrogens with zero attached hydrogens (tertiary/aromatic N) is 1. The Morgan fingerprint density at radius 1 is 1.10 bits per heavy atom. The molecule has 0 amide bonds. The fourth-order valence-electron chi connectivity index (χ4n) is 3.34. The maximum absolute atomic E-state index is 6.35. The molecule has 2 nitrogen and oxygen atoms in total. The lowest BCUT2D eigenvalue weighted by atomic mass is 9.96. The zero-order valence-electron chi connectivity index (χ0n) is 13.5. The van der Waals surface area contributed by atoms with Gasteiger partial charge in [-0.2, -0.15) is 0 Å². The van der Waals surface area contributed by atoms with Gasteiger partial charge in [-0.1, -0.05) is 52.0 Å². The van der Waals surface area contributed by atoms with Gasteiger partial charge >= 0.3 is 0 Å². The van der Waals surface area contributed by atoms with Gasteiger partial charge in [0.15, 0.2) is 0 Å². The van der Waals surface area contributed by atoms with Gasteiger partial charge in [-0.15, -0.1) is 0 Å². The Morgan fingerprint density at radius 3 is 2.30 bits per heavy atom. The zero-order valence-corrected chi connectivity index (χ0v) is 13.5. The van der Waals surface area contributed by atoms with Crippen molar-refractivity contribution in [3.63, 3.8) is 0 Å². The predicted molar refractivity (Wildman–Crippen MR) is 86.7 cm³/mol. The van der Waals surface area contributed by atoms with Crippen LogP contribution in [-0.4, -0.2) is 24.0 Å². The fourth-order valence-corrected chi connectivity index (χ4v) is 3.34. The van der Waals surface area contributed by atoms with Gasteiger partial charge in [-0.3, -0.25) is 4.90 Å². The summed E-state index contributed by atoms with van der Waals surface area (Å²) in [7, 11) is 0. The average Bonchev–Trinajstić information content (AvgIpc) is 2.70. The summed E-state index contributed by atoms with van der Waals surface area (Å²) in [4.78, 5) is 2.56. The number of nitrogens with two attached hydrogens (primary N) is 1. The molecule has 0 spiro atoms. The summed E-state index contributed by atoms with van der Waals surface area (Å²) in [5.41, 5.74) is 9.18. The molecular weight excluding hydrogens is 244 g/mol. The normalized spacial score (nSPS) is 23.9. The van der Waals surface area contributed by atoms with Crippen LogP contribution >= 0.6 is 0 Å². The van der Waals surface area contributed by atoms with Gasteiger partial charge in [0.05, 0.1) is 0 Å². The van der Waals surface area contributed by atoms with Gasteiger partial charge in [0, 0.05) is 25.2 Å². The van der Waals surface area contributed by atoms with E-state index < -0.39 is 0 Å². The van der Waals surface area contributed by atoms with Crippen molar-refractivity contribution in [3.05, 3.63) is 35.4 Å². The lowest BCUT2D eigenvalue weighted by molar-refractivity contribution is 0.221. The number of hydrogen-bond donors (Lipinski definition) is 1. The SMILES string of the molecule is CC(C)Cc1ccc(C2C(N)CCN2CC(C)C)cc1. The molecule has 1 aliphatic rings. The van der Waals surface area contributed by atoms with Crippen molar-refractivity contribution in [3.8, 4) is 0 Å². The van der Waals surface area contributed by atoms with E-state index >= 15 is 0 Å². The van der Waals surface area contributed by atoms with Crippen LogP contribution in [-0.2, 0) is 6.42 Å². The minimum Gasteiger partial charge on any atom is -0.326 e. The molecule has 112 valence electrons. The first-order chi connectivity index (χ1) is 9.47. The van der Waals surface area contributed by atoms with Gasteiger partial charge in [-0.05, 0) is 35.8 Å². The molecule has 0 radical (unpaired) electrons. The summed E-state index contributed by atoms with van der Waals surface area (Å²) in [5, 5.41) is 0. The lowest BCUT2D eigenvalue weighted by Gasteiger charge is -2.28. The maximum atomic E-state index is 6.35. The van der Waals surface area contributed by atoms with E-state index in [1.807, 2.05) is 0 Å². The molecule has 2 rings (SSSR count). The molecule has 2 heteroatoms. The van der Waals surface area contributed by atoms with Gasteiger partial charge < -0.3 is 5.73 Å². The summed E-state index contributed by atoms with van der Waals surface area (Å²) >= 11 is 0. The molecule has 1 aliphatic heterocycles. The molecule has 2 atom stereocenters. The Morgan fingerprint density at radius 2 is 1.75 bits per heavy atom. The van der Waals surface area contributed by atoms with Gasteiger partial charge in [0.25, 0.3) is 0 Å². The monoisotopic (exact) mass is 274 g/mol. The second kappa shape index (κ2) is 6.73. The minimum absolute atomic E-state index is 0.282. The van der Waals surface area contributed by atoms with Crippen molar-refractivity contribution in [1.82, 2.24) is 4.90 Å². The standard InChI is InChI=1S/C18H30N2/c1-13(2)11-15-5-7-16(8-6-15)18-17(19)9-10-20(18)12-14(3)4/h5-8,13-14,17-18H,9-12,19H2,1-4H3. The Hall–Kier alpha value is -0.860. The van der Waals surface area contributed by atoms with Gasteiger partial charge in [0.1, 0.15) is 0 Å². The van der Waals surface area contributed by atoms with E-state index in [1.165, 1.54) is 11.1 Å². The summed E-state index contributed by atoms with van der Waals surface area (Å²) in [6.45, 7) is 11.4. The molecule has 1 saturated heterocycles. The molecule has 1 fully saturated rings. The van der Waals surface area contributed by atoms with Crippen LogP contribution < -0.4 is 5.73 Å². The van der Waals surface area contributed by atoms with Crippen LogP contribution in [0, 0.1) is 11.8 Å². The van der Waals surface area contributed by atoms with Gasteiger partial charge in [0.2, 0.25) is 0 Å². The Labute approximate surface area is 124 Å². The quantitative estimate of drug-likeness (QED) is 0.888. The highest BCUT2D eigenvalue weighted by molar-refractivity contribution is 5.27. The molecule has 20 heavy (non-hydrogen) atoms. The summed E-state index contributed by atoms with van der Waals surface area (Å²) < 4.78 is 0. The first kappa shape index (κ1) is 15.5. The van der Waals surface area contributed by atoms with E-state index in [0.29, 0.717) is 17.9 Å². The topological polar surface area (TPSA) is 29.3 Å². The van der Waals surface area contributed by atoms with E-state index in [9.17, 15) is 0 Å². The molecule has 2 unspecified atom stereocenters. The predicted octanol–water partition coefficient (Wildman–Crippen LogP) is 3.62. The average molecular weight is 274 g/mol. The third-order valence-electron chi connectivity index (χ3n) is 4.11. The van der Waals surface area contributed by atoms with Crippen LogP contribution in [0.1, 0.15) is 51.3 Å². The van der Waals surface area contributed by atoms with Crippen molar-refractivity contribution < 1.29 is 0 Å². The second-order valence-electron chi connectivity index (χ2n) is 7.13. The van der Waals surface area contributed by atoms with E-state index in [-0.39, 0.29) is 6.04 Å². The molecule has 1 aromatic carbocycles. The van der Waals surface area contributed by atoms with Crippen LogP contribution in [0.2, 0.25) is 0 Å². The highest BCUT2D eigenvalue weighted by atomic mass is 15.2. The van der Waals surface area contributed by atoms with Crippen molar-refractivity contribution in [1.29, 1.82) is 0 Å². The van der Waals surface area contributed by atoms with Crippen LogP contribution in [0.3, 0.4) is 0 Å². The number of benzene rings is 1.